The number of hydrogen-bond acceptors (Lipinski definition) is 3. The minimum atomic E-state index is -0.587. The maximum Gasteiger partial charge on any atom is 0.260 e. The zero-order valence-electron chi connectivity index (χ0n) is 16.0. The number of aromatic nitrogens is 1. The van der Waals surface area contributed by atoms with E-state index in [1.165, 1.54) is 37.1 Å². The van der Waals surface area contributed by atoms with Crippen molar-refractivity contribution in [3.63, 3.8) is 0 Å². The van der Waals surface area contributed by atoms with Gasteiger partial charge in [-0.2, -0.15) is 0 Å². The van der Waals surface area contributed by atoms with E-state index in [2.05, 4.69) is 10.3 Å². The lowest BCUT2D eigenvalue weighted by Gasteiger charge is -2.18. The first kappa shape index (κ1) is 19.8. The Labute approximate surface area is 162 Å². The summed E-state index contributed by atoms with van der Waals surface area (Å²) in [5, 5.41) is 2.80. The van der Waals surface area contributed by atoms with Crippen molar-refractivity contribution in [2.75, 3.05) is 13.6 Å². The maximum absolute atomic E-state index is 14.2. The highest BCUT2D eigenvalue weighted by Crippen LogP contribution is 2.31. The number of amides is 2. The second kappa shape index (κ2) is 8.37. The molecule has 1 aliphatic carbocycles. The van der Waals surface area contributed by atoms with Gasteiger partial charge in [-0.15, -0.1) is 0 Å². The van der Waals surface area contributed by atoms with Crippen LogP contribution in [0.5, 0.6) is 0 Å². The highest BCUT2D eigenvalue weighted by atomic mass is 19.1. The molecule has 0 aliphatic heterocycles. The van der Waals surface area contributed by atoms with Crippen LogP contribution in [0, 0.1) is 18.7 Å². The second-order valence-electron chi connectivity index (χ2n) is 7.33. The summed E-state index contributed by atoms with van der Waals surface area (Å²) in [4.78, 5) is 40.8. The van der Waals surface area contributed by atoms with Crippen LogP contribution in [0.3, 0.4) is 0 Å². The number of aromatic amines is 1. The molecule has 3 rings (SSSR count). The van der Waals surface area contributed by atoms with Crippen LogP contribution < -0.4 is 10.9 Å². The van der Waals surface area contributed by atoms with Crippen molar-refractivity contribution in [3.05, 3.63) is 68.9 Å². The topological polar surface area (TPSA) is 82.3 Å². The zero-order chi connectivity index (χ0) is 20.3. The number of aryl methyl sites for hydroxylation is 1. The van der Waals surface area contributed by atoms with Crippen LogP contribution in [0.25, 0.3) is 0 Å². The maximum atomic E-state index is 14.2. The average molecular weight is 385 g/mol. The molecule has 148 valence electrons. The van der Waals surface area contributed by atoms with Gasteiger partial charge in [0.15, 0.2) is 0 Å². The van der Waals surface area contributed by atoms with Crippen LogP contribution in [0.1, 0.15) is 51.1 Å². The molecular formula is C21H24FN3O3. The number of carbonyl (C=O) groups excluding carboxylic acids is 2. The first-order valence-corrected chi connectivity index (χ1v) is 9.37. The van der Waals surface area contributed by atoms with Crippen molar-refractivity contribution >= 4 is 11.8 Å². The van der Waals surface area contributed by atoms with Crippen molar-refractivity contribution in [1.82, 2.24) is 15.2 Å². The van der Waals surface area contributed by atoms with Gasteiger partial charge in [-0.05, 0) is 30.9 Å². The Morgan fingerprint density at radius 3 is 2.79 bits per heavy atom. The van der Waals surface area contributed by atoms with Crippen molar-refractivity contribution in [2.24, 2.45) is 5.92 Å². The molecule has 2 amide bonds. The van der Waals surface area contributed by atoms with Crippen LogP contribution >= 0.6 is 0 Å². The molecule has 1 aliphatic rings. The van der Waals surface area contributed by atoms with Gasteiger partial charge < -0.3 is 15.2 Å². The Kier molecular flexibility index (Phi) is 5.92. The molecule has 2 aromatic rings. The summed E-state index contributed by atoms with van der Waals surface area (Å²) in [6.45, 7) is 2.23. The molecule has 1 aromatic heterocycles. The van der Waals surface area contributed by atoms with E-state index in [-0.39, 0.29) is 29.4 Å². The Hall–Kier alpha value is -2.96. The van der Waals surface area contributed by atoms with Crippen molar-refractivity contribution in [3.8, 4) is 0 Å². The van der Waals surface area contributed by atoms with Crippen molar-refractivity contribution < 1.29 is 14.0 Å². The van der Waals surface area contributed by atoms with E-state index in [0.717, 1.165) is 6.42 Å². The van der Waals surface area contributed by atoms with Gasteiger partial charge in [0.2, 0.25) is 0 Å². The molecule has 1 aromatic carbocycles. The predicted molar refractivity (Wildman–Crippen MR) is 104 cm³/mol. The monoisotopic (exact) mass is 385 g/mol. The average Bonchev–Trinajstić information content (AvgIpc) is 3.49. The van der Waals surface area contributed by atoms with E-state index in [0.29, 0.717) is 23.6 Å². The summed E-state index contributed by atoms with van der Waals surface area (Å²) >= 11 is 0. The van der Waals surface area contributed by atoms with Gasteiger partial charge in [-0.1, -0.05) is 31.0 Å². The fourth-order valence-corrected chi connectivity index (χ4v) is 3.04. The van der Waals surface area contributed by atoms with Crippen LogP contribution in [-0.4, -0.2) is 35.3 Å². The Morgan fingerprint density at radius 2 is 2.07 bits per heavy atom. The quantitative estimate of drug-likeness (QED) is 0.769. The number of pyridine rings is 1. The third-order valence-corrected chi connectivity index (χ3v) is 4.96. The smallest absolute Gasteiger partial charge is 0.260 e. The molecule has 0 atom stereocenters. The summed E-state index contributed by atoms with van der Waals surface area (Å²) in [6, 6.07) is 6.25. The number of benzene rings is 1. The molecule has 0 spiro atoms. The minimum Gasteiger partial charge on any atom is -0.352 e. The normalized spacial score (nSPS) is 13.2. The highest BCUT2D eigenvalue weighted by molar-refractivity contribution is 5.99. The van der Waals surface area contributed by atoms with Crippen molar-refractivity contribution in [2.45, 2.75) is 32.7 Å². The number of carbonyl (C=O) groups is 2. The third kappa shape index (κ3) is 4.65. The summed E-state index contributed by atoms with van der Waals surface area (Å²) in [6.07, 6.45) is 4.65. The number of halogens is 1. The second-order valence-corrected chi connectivity index (χ2v) is 7.33. The number of nitrogens with one attached hydrogen (secondary N) is 2. The van der Waals surface area contributed by atoms with Crippen LogP contribution in [-0.2, 0) is 6.54 Å². The molecule has 2 N–H and O–H groups in total. The van der Waals surface area contributed by atoms with Gasteiger partial charge in [0.25, 0.3) is 17.4 Å². The van der Waals surface area contributed by atoms with Crippen LogP contribution in [0.15, 0.2) is 35.3 Å². The molecule has 1 saturated carbocycles. The number of nitrogens with zero attached hydrogens (tertiary/aromatic N) is 1. The number of hydrogen-bond donors (Lipinski definition) is 2. The highest BCUT2D eigenvalue weighted by Gasteiger charge is 2.22. The first-order valence-electron chi connectivity index (χ1n) is 9.37. The molecule has 0 radical (unpaired) electrons. The fraction of sp³-hybridized carbons (Fsp3) is 0.381. The summed E-state index contributed by atoms with van der Waals surface area (Å²) in [5.74, 6) is -0.586. The Bertz CT molecular complexity index is 950. The molecule has 28 heavy (non-hydrogen) atoms. The molecule has 0 unspecified atom stereocenters. The van der Waals surface area contributed by atoms with Gasteiger partial charge in [-0.3, -0.25) is 14.4 Å². The predicted octanol–water partition coefficient (Wildman–Crippen LogP) is 2.62. The van der Waals surface area contributed by atoms with Gasteiger partial charge in [0.05, 0.1) is 5.56 Å². The minimum absolute atomic E-state index is 0.0175. The molecule has 0 saturated heterocycles. The lowest BCUT2D eigenvalue weighted by molar-refractivity contribution is 0.0782. The first-order chi connectivity index (χ1) is 13.4. The van der Waals surface area contributed by atoms with E-state index in [9.17, 15) is 18.8 Å². The van der Waals surface area contributed by atoms with Crippen molar-refractivity contribution in [1.29, 1.82) is 0 Å². The zero-order valence-corrected chi connectivity index (χ0v) is 16.0. The lowest BCUT2D eigenvalue weighted by atomic mass is 10.1. The van der Waals surface area contributed by atoms with Gasteiger partial charge >= 0.3 is 0 Å². The van der Waals surface area contributed by atoms with E-state index in [4.69, 9.17) is 0 Å². The Morgan fingerprint density at radius 1 is 1.32 bits per heavy atom. The largest absolute Gasteiger partial charge is 0.352 e. The molecule has 1 heterocycles. The SMILES string of the molecule is Cc1cccc(CN(C)C(=O)c2cc(C(=O)NCCC3CC3)c[nH]c2=O)c1F. The van der Waals surface area contributed by atoms with E-state index in [1.54, 1.807) is 25.1 Å². The summed E-state index contributed by atoms with van der Waals surface area (Å²) < 4.78 is 14.2. The van der Waals surface area contributed by atoms with Crippen LogP contribution in [0.2, 0.25) is 0 Å². The standard InChI is InChI=1S/C21H24FN3O3/c1-13-4-3-5-15(18(13)22)12-25(2)21(28)17-10-16(11-24-20(17)27)19(26)23-9-8-14-6-7-14/h3-5,10-11,14H,6-9,12H2,1-2H3,(H,23,26)(H,24,27). The number of H-pyrrole nitrogens is 1. The van der Waals surface area contributed by atoms with E-state index in [1.807, 2.05) is 0 Å². The van der Waals surface area contributed by atoms with E-state index >= 15 is 0 Å². The molecule has 1 fully saturated rings. The number of rotatable bonds is 7. The molecule has 0 bridgehead atoms. The fourth-order valence-electron chi connectivity index (χ4n) is 3.04. The van der Waals surface area contributed by atoms with Gasteiger partial charge in [0.1, 0.15) is 11.4 Å². The molecule has 6 nitrogen and oxygen atoms in total. The molecule has 7 heteroatoms. The summed E-state index contributed by atoms with van der Waals surface area (Å²) in [7, 11) is 1.49. The summed E-state index contributed by atoms with van der Waals surface area (Å²) in [5.41, 5.74) is 0.331. The van der Waals surface area contributed by atoms with Gasteiger partial charge in [0, 0.05) is 31.9 Å². The van der Waals surface area contributed by atoms with Gasteiger partial charge in [-0.25, -0.2) is 4.39 Å². The third-order valence-electron chi connectivity index (χ3n) is 4.96. The van der Waals surface area contributed by atoms with Crippen LogP contribution in [0.4, 0.5) is 4.39 Å². The lowest BCUT2D eigenvalue weighted by Crippen LogP contribution is -2.33. The van der Waals surface area contributed by atoms with E-state index < -0.39 is 11.5 Å². The Balaban J connectivity index is 1.71. The molecular weight excluding hydrogens is 361 g/mol.